The van der Waals surface area contributed by atoms with E-state index in [1.165, 1.54) is 19.3 Å². The predicted molar refractivity (Wildman–Crippen MR) is 54.8 cm³/mol. The van der Waals surface area contributed by atoms with Crippen molar-refractivity contribution in [2.24, 2.45) is 4.99 Å². The molecular weight excluding hydrogens is 146 g/mol. The van der Waals surface area contributed by atoms with Gasteiger partial charge < -0.3 is 0 Å². The highest BCUT2D eigenvalue weighted by atomic mass is 14.7. The molecule has 1 fully saturated rings. The second kappa shape index (κ2) is 4.44. The molecule has 0 amide bonds. The van der Waals surface area contributed by atoms with Gasteiger partial charge in [-0.05, 0) is 52.7 Å². The number of nitrogens with zero attached hydrogens (tertiary/aromatic N) is 1. The lowest BCUT2D eigenvalue weighted by Crippen LogP contribution is -2.05. The normalized spacial score (nSPS) is 19.4. The van der Waals surface area contributed by atoms with Gasteiger partial charge in [0.2, 0.25) is 0 Å². The summed E-state index contributed by atoms with van der Waals surface area (Å²) < 4.78 is 0. The second-order valence-corrected chi connectivity index (χ2v) is 3.70. The Bertz CT molecular complexity index is 195. The standard InChI is InChI=1S/C11H19N/c1-4-12-10(3)8-9(2)11-6-5-7-11/h4,10H,5-8H2,1-3H3. The van der Waals surface area contributed by atoms with Gasteiger partial charge in [0.25, 0.3) is 0 Å². The Balaban J connectivity index is 2.39. The van der Waals surface area contributed by atoms with Gasteiger partial charge in [-0.25, -0.2) is 0 Å². The first-order chi connectivity index (χ1) is 5.74. The molecule has 0 N–H and O–H groups in total. The van der Waals surface area contributed by atoms with E-state index in [4.69, 9.17) is 0 Å². The van der Waals surface area contributed by atoms with Crippen molar-refractivity contribution in [1.29, 1.82) is 0 Å². The maximum atomic E-state index is 4.35. The zero-order valence-corrected chi connectivity index (χ0v) is 8.43. The van der Waals surface area contributed by atoms with E-state index >= 15 is 0 Å². The minimum Gasteiger partial charge on any atom is -0.294 e. The Morgan fingerprint density at radius 2 is 2.25 bits per heavy atom. The molecule has 0 aliphatic heterocycles. The van der Waals surface area contributed by atoms with Gasteiger partial charge >= 0.3 is 0 Å². The van der Waals surface area contributed by atoms with Crippen LogP contribution in [-0.2, 0) is 0 Å². The summed E-state index contributed by atoms with van der Waals surface area (Å²) in [4.78, 5) is 4.35. The molecule has 0 aromatic rings. The molecule has 1 aliphatic rings. The largest absolute Gasteiger partial charge is 0.294 e. The molecule has 1 heteroatoms. The summed E-state index contributed by atoms with van der Waals surface area (Å²) in [6.45, 7) is 6.43. The van der Waals surface area contributed by atoms with E-state index in [0.29, 0.717) is 6.04 Å². The topological polar surface area (TPSA) is 12.4 Å². The lowest BCUT2D eigenvalue weighted by atomic mass is 9.86. The van der Waals surface area contributed by atoms with Crippen LogP contribution < -0.4 is 0 Å². The molecular formula is C11H19N. The van der Waals surface area contributed by atoms with E-state index in [1.54, 1.807) is 11.1 Å². The number of allylic oxidation sites excluding steroid dienone is 1. The fourth-order valence-corrected chi connectivity index (χ4v) is 1.67. The van der Waals surface area contributed by atoms with Crippen molar-refractivity contribution in [1.82, 2.24) is 0 Å². The third-order valence-electron chi connectivity index (χ3n) is 2.57. The summed E-state index contributed by atoms with van der Waals surface area (Å²) in [7, 11) is 0. The van der Waals surface area contributed by atoms with Crippen LogP contribution in [0.25, 0.3) is 0 Å². The first-order valence-electron chi connectivity index (χ1n) is 4.89. The maximum Gasteiger partial charge on any atom is 0.0504 e. The van der Waals surface area contributed by atoms with E-state index in [1.807, 2.05) is 13.1 Å². The van der Waals surface area contributed by atoms with E-state index in [9.17, 15) is 0 Å². The Morgan fingerprint density at radius 3 is 2.67 bits per heavy atom. The van der Waals surface area contributed by atoms with Crippen LogP contribution in [0.1, 0.15) is 46.5 Å². The molecule has 1 unspecified atom stereocenters. The summed E-state index contributed by atoms with van der Waals surface area (Å²) >= 11 is 0. The zero-order valence-electron chi connectivity index (χ0n) is 8.43. The van der Waals surface area contributed by atoms with Gasteiger partial charge in [-0.1, -0.05) is 11.1 Å². The Kier molecular flexibility index (Phi) is 3.51. The Hall–Kier alpha value is -0.590. The van der Waals surface area contributed by atoms with E-state index in [2.05, 4.69) is 18.8 Å². The highest BCUT2D eigenvalue weighted by Crippen LogP contribution is 2.30. The Labute approximate surface area is 75.6 Å². The molecule has 0 bridgehead atoms. The first kappa shape index (κ1) is 9.50. The van der Waals surface area contributed by atoms with E-state index in [-0.39, 0.29) is 0 Å². The van der Waals surface area contributed by atoms with Crippen LogP contribution in [0.3, 0.4) is 0 Å². The highest BCUT2D eigenvalue weighted by Gasteiger charge is 2.12. The average molecular weight is 165 g/mol. The van der Waals surface area contributed by atoms with Gasteiger partial charge in [-0.3, -0.25) is 4.99 Å². The van der Waals surface area contributed by atoms with Gasteiger partial charge in [-0.2, -0.15) is 0 Å². The summed E-state index contributed by atoms with van der Waals surface area (Å²) in [5.41, 5.74) is 3.27. The van der Waals surface area contributed by atoms with Gasteiger partial charge in [0.1, 0.15) is 0 Å². The van der Waals surface area contributed by atoms with Crippen molar-refractivity contribution in [2.75, 3.05) is 0 Å². The third-order valence-corrected chi connectivity index (χ3v) is 2.57. The molecule has 0 spiro atoms. The SMILES string of the molecule is CC=NC(C)CC(C)=C1CCC1. The summed E-state index contributed by atoms with van der Waals surface area (Å²) in [6.07, 6.45) is 7.14. The fraction of sp³-hybridized carbons (Fsp3) is 0.727. The van der Waals surface area contributed by atoms with Crippen molar-refractivity contribution in [3.05, 3.63) is 11.1 Å². The zero-order chi connectivity index (χ0) is 8.97. The summed E-state index contributed by atoms with van der Waals surface area (Å²) in [5, 5.41) is 0. The highest BCUT2D eigenvalue weighted by molar-refractivity contribution is 5.53. The number of rotatable bonds is 3. The number of hydrogen-bond donors (Lipinski definition) is 0. The van der Waals surface area contributed by atoms with Crippen LogP contribution in [-0.4, -0.2) is 12.3 Å². The number of hydrogen-bond acceptors (Lipinski definition) is 1. The summed E-state index contributed by atoms with van der Waals surface area (Å²) in [5.74, 6) is 0. The molecule has 1 atom stereocenters. The van der Waals surface area contributed by atoms with Crippen molar-refractivity contribution in [2.45, 2.75) is 52.5 Å². The molecule has 1 rings (SSSR count). The lowest BCUT2D eigenvalue weighted by molar-refractivity contribution is 0.627. The molecule has 68 valence electrons. The summed E-state index contributed by atoms with van der Waals surface area (Å²) in [6, 6.07) is 0.475. The smallest absolute Gasteiger partial charge is 0.0504 e. The molecule has 0 saturated heterocycles. The molecule has 12 heavy (non-hydrogen) atoms. The minimum absolute atomic E-state index is 0.475. The molecule has 1 saturated carbocycles. The van der Waals surface area contributed by atoms with Crippen LogP contribution in [0.4, 0.5) is 0 Å². The molecule has 0 aromatic carbocycles. The second-order valence-electron chi connectivity index (χ2n) is 3.70. The quantitative estimate of drug-likeness (QED) is 0.449. The molecule has 0 aromatic heterocycles. The van der Waals surface area contributed by atoms with Crippen LogP contribution in [0, 0.1) is 0 Å². The van der Waals surface area contributed by atoms with Crippen LogP contribution in [0.15, 0.2) is 16.1 Å². The maximum absolute atomic E-state index is 4.35. The molecule has 0 radical (unpaired) electrons. The monoisotopic (exact) mass is 165 g/mol. The van der Waals surface area contributed by atoms with Crippen molar-refractivity contribution in [3.8, 4) is 0 Å². The predicted octanol–water partition coefficient (Wildman–Crippen LogP) is 3.36. The first-order valence-corrected chi connectivity index (χ1v) is 4.89. The minimum atomic E-state index is 0.475. The van der Waals surface area contributed by atoms with E-state index in [0.717, 1.165) is 6.42 Å². The van der Waals surface area contributed by atoms with E-state index < -0.39 is 0 Å². The van der Waals surface area contributed by atoms with Crippen molar-refractivity contribution >= 4 is 6.21 Å². The molecule has 0 heterocycles. The molecule has 1 nitrogen and oxygen atoms in total. The Morgan fingerprint density at radius 1 is 1.58 bits per heavy atom. The van der Waals surface area contributed by atoms with Crippen LogP contribution in [0.5, 0.6) is 0 Å². The number of aliphatic imine (C=N–C) groups is 1. The van der Waals surface area contributed by atoms with Gasteiger partial charge in [0, 0.05) is 0 Å². The average Bonchev–Trinajstić information content (AvgIpc) is 1.82. The van der Waals surface area contributed by atoms with Crippen LogP contribution in [0.2, 0.25) is 0 Å². The van der Waals surface area contributed by atoms with Crippen LogP contribution >= 0.6 is 0 Å². The van der Waals surface area contributed by atoms with Crippen molar-refractivity contribution < 1.29 is 0 Å². The lowest BCUT2D eigenvalue weighted by Gasteiger charge is -2.21. The van der Waals surface area contributed by atoms with Gasteiger partial charge in [0.15, 0.2) is 0 Å². The molecule has 1 aliphatic carbocycles. The van der Waals surface area contributed by atoms with Crippen molar-refractivity contribution in [3.63, 3.8) is 0 Å². The fourth-order valence-electron chi connectivity index (χ4n) is 1.67. The third kappa shape index (κ3) is 2.47. The van der Waals surface area contributed by atoms with Gasteiger partial charge in [0.05, 0.1) is 6.04 Å². The van der Waals surface area contributed by atoms with Gasteiger partial charge in [-0.15, -0.1) is 0 Å².